The summed E-state index contributed by atoms with van der Waals surface area (Å²) in [6.45, 7) is 5.19. The highest BCUT2D eigenvalue weighted by molar-refractivity contribution is 6.20. The molecule has 1 heterocycles. The molecule has 0 aromatic heterocycles. The summed E-state index contributed by atoms with van der Waals surface area (Å²) in [5.41, 5.74) is 0.809. The van der Waals surface area contributed by atoms with E-state index in [1.807, 2.05) is 0 Å². The lowest BCUT2D eigenvalue weighted by atomic mass is 10.1. The Morgan fingerprint density at radius 1 is 0.921 bits per heavy atom. The van der Waals surface area contributed by atoms with E-state index in [4.69, 9.17) is 25.8 Å². The summed E-state index contributed by atoms with van der Waals surface area (Å²) >= 11 is 5.86. The quantitative estimate of drug-likeness (QED) is 0.118. The number of halogens is 1. The Balaban J connectivity index is 1.47. The zero-order chi connectivity index (χ0) is 27.3. The summed E-state index contributed by atoms with van der Waals surface area (Å²) < 4.78 is 16.5. The van der Waals surface area contributed by atoms with E-state index in [-0.39, 0.29) is 17.9 Å². The first-order chi connectivity index (χ1) is 18.4. The number of hydrogen-bond donors (Lipinski definition) is 0. The Kier molecular flexibility index (Phi) is 11.9. The van der Waals surface area contributed by atoms with Crippen molar-refractivity contribution < 1.29 is 28.6 Å². The summed E-state index contributed by atoms with van der Waals surface area (Å²) in [5, 5.41) is -0.291. The topological polar surface area (TPSA) is 82.1 Å². The number of alkyl halides is 1. The van der Waals surface area contributed by atoms with Gasteiger partial charge in [-0.1, -0.05) is 39.0 Å². The maximum atomic E-state index is 13.0. The number of benzene rings is 2. The van der Waals surface area contributed by atoms with Crippen LogP contribution < -0.4 is 9.47 Å². The predicted octanol–water partition coefficient (Wildman–Crippen LogP) is 6.42. The molecule has 0 unspecified atom stereocenters. The van der Waals surface area contributed by atoms with Gasteiger partial charge >= 0.3 is 11.9 Å². The molecule has 8 heteroatoms. The molecule has 2 aromatic carbocycles. The number of esters is 2. The van der Waals surface area contributed by atoms with Gasteiger partial charge in [-0.25, -0.2) is 9.59 Å². The molecule has 0 bridgehead atoms. The largest absolute Gasteiger partial charge is 0.494 e. The minimum Gasteiger partial charge on any atom is -0.494 e. The highest BCUT2D eigenvalue weighted by Gasteiger charge is 2.35. The van der Waals surface area contributed by atoms with Gasteiger partial charge in [-0.2, -0.15) is 0 Å². The molecule has 0 saturated carbocycles. The minimum absolute atomic E-state index is 0.105. The highest BCUT2D eigenvalue weighted by Crippen LogP contribution is 2.23. The Morgan fingerprint density at radius 3 is 2.24 bits per heavy atom. The average molecular weight is 544 g/mol. The van der Waals surface area contributed by atoms with Crippen molar-refractivity contribution >= 4 is 29.4 Å². The van der Waals surface area contributed by atoms with Crippen molar-refractivity contribution in [2.75, 3.05) is 19.8 Å². The molecule has 1 fully saturated rings. The van der Waals surface area contributed by atoms with Crippen molar-refractivity contribution in [2.45, 2.75) is 76.6 Å². The van der Waals surface area contributed by atoms with E-state index in [9.17, 15) is 14.4 Å². The number of nitrogens with zero attached hydrogens (tertiary/aromatic N) is 1. The van der Waals surface area contributed by atoms with Crippen LogP contribution in [0, 0.1) is 0 Å². The van der Waals surface area contributed by atoms with Crippen LogP contribution in [0.3, 0.4) is 0 Å². The first-order valence-electron chi connectivity index (χ1n) is 13.6. The second-order valence-electron chi connectivity index (χ2n) is 9.62. The van der Waals surface area contributed by atoms with Crippen LogP contribution in [-0.2, 0) is 9.53 Å². The smallest absolute Gasteiger partial charge is 0.343 e. The molecule has 2 aromatic rings. The van der Waals surface area contributed by atoms with Crippen molar-refractivity contribution in [1.82, 2.24) is 4.90 Å². The Labute approximate surface area is 230 Å². The summed E-state index contributed by atoms with van der Waals surface area (Å²) in [5.74, 6) is -0.157. The third-order valence-corrected chi connectivity index (χ3v) is 6.54. The lowest BCUT2D eigenvalue weighted by Gasteiger charge is -2.23. The Hall–Kier alpha value is -3.06. The van der Waals surface area contributed by atoms with Gasteiger partial charge < -0.3 is 19.1 Å². The molecule has 2 atom stereocenters. The van der Waals surface area contributed by atoms with Crippen LogP contribution in [0.25, 0.3) is 0 Å². The van der Waals surface area contributed by atoms with Gasteiger partial charge in [0.25, 0.3) is 5.91 Å². The number of amides is 1. The predicted molar refractivity (Wildman–Crippen MR) is 147 cm³/mol. The van der Waals surface area contributed by atoms with Gasteiger partial charge in [0.05, 0.1) is 17.5 Å². The van der Waals surface area contributed by atoms with Gasteiger partial charge in [0.2, 0.25) is 0 Å². The summed E-state index contributed by atoms with van der Waals surface area (Å²) in [7, 11) is 0. The molecular weight excluding hydrogens is 506 g/mol. The molecule has 0 aliphatic carbocycles. The molecule has 206 valence electrons. The number of likely N-dealkylation sites (tertiary alicyclic amines) is 1. The normalized spacial score (nSPS) is 15.7. The molecule has 0 spiro atoms. The first-order valence-corrected chi connectivity index (χ1v) is 14.0. The van der Waals surface area contributed by atoms with E-state index in [1.165, 1.54) is 30.6 Å². The Bertz CT molecular complexity index is 1040. The maximum absolute atomic E-state index is 13.0. The fraction of sp³-hybridized carbons (Fsp3) is 0.500. The van der Waals surface area contributed by atoms with Crippen LogP contribution in [0.5, 0.6) is 11.5 Å². The van der Waals surface area contributed by atoms with E-state index in [0.29, 0.717) is 36.4 Å². The van der Waals surface area contributed by atoms with Crippen molar-refractivity contribution in [2.24, 2.45) is 0 Å². The summed E-state index contributed by atoms with van der Waals surface area (Å²) in [4.78, 5) is 39.5. The van der Waals surface area contributed by atoms with Crippen LogP contribution in [0.2, 0.25) is 0 Å². The zero-order valence-electron chi connectivity index (χ0n) is 22.3. The van der Waals surface area contributed by atoms with Gasteiger partial charge in [0, 0.05) is 12.1 Å². The number of carbonyl (C=O) groups is 3. The molecule has 0 N–H and O–H groups in total. The van der Waals surface area contributed by atoms with E-state index in [0.717, 1.165) is 25.0 Å². The van der Waals surface area contributed by atoms with E-state index in [1.54, 1.807) is 55.5 Å². The highest BCUT2D eigenvalue weighted by atomic mass is 35.5. The Morgan fingerprint density at radius 2 is 1.55 bits per heavy atom. The number of unbranched alkanes of at least 4 members (excludes halogenated alkanes) is 5. The molecule has 7 nitrogen and oxygen atoms in total. The number of carbonyl (C=O) groups excluding carboxylic acids is 3. The number of rotatable bonds is 14. The first kappa shape index (κ1) is 29.5. The molecule has 3 rings (SSSR count). The van der Waals surface area contributed by atoms with Gasteiger partial charge in [-0.15, -0.1) is 11.6 Å². The van der Waals surface area contributed by atoms with Crippen LogP contribution in [-0.4, -0.2) is 53.9 Å². The molecule has 1 saturated heterocycles. The van der Waals surface area contributed by atoms with Gasteiger partial charge in [-0.05, 0) is 74.7 Å². The van der Waals surface area contributed by atoms with Crippen LogP contribution in [0.1, 0.15) is 85.9 Å². The average Bonchev–Trinajstić information content (AvgIpc) is 3.42. The minimum atomic E-state index is -0.617. The van der Waals surface area contributed by atoms with Crippen molar-refractivity contribution in [3.63, 3.8) is 0 Å². The lowest BCUT2D eigenvalue weighted by Crippen LogP contribution is -2.41. The lowest BCUT2D eigenvalue weighted by molar-refractivity contribution is -0.148. The monoisotopic (exact) mass is 543 g/mol. The standard InChI is InChI=1S/C30H38ClNO6/c1-3-4-5-6-7-8-20-36-25-15-13-24(14-16-25)29(34)38-26-17-11-23(12-18-26)28(33)32-19-9-10-27(32)30(35)37-21-22(2)31/h11-18,22,27H,3-10,19-21H2,1-2H3/t22-,27-/m0/s1. The van der Waals surface area contributed by atoms with Crippen LogP contribution in [0.4, 0.5) is 0 Å². The van der Waals surface area contributed by atoms with E-state index < -0.39 is 18.0 Å². The fourth-order valence-electron chi connectivity index (χ4n) is 4.30. The SMILES string of the molecule is CCCCCCCCOc1ccc(C(=O)Oc2ccc(C(=O)N3CCC[C@H]3C(=O)OC[C@H](C)Cl)cc2)cc1. The second kappa shape index (κ2) is 15.4. The maximum Gasteiger partial charge on any atom is 0.343 e. The van der Waals surface area contributed by atoms with Crippen LogP contribution >= 0.6 is 11.6 Å². The molecule has 0 radical (unpaired) electrons. The van der Waals surface area contributed by atoms with E-state index in [2.05, 4.69) is 6.92 Å². The molecular formula is C30H38ClNO6. The fourth-order valence-corrected chi connectivity index (χ4v) is 4.37. The molecule has 38 heavy (non-hydrogen) atoms. The summed E-state index contributed by atoms with van der Waals surface area (Å²) in [6, 6.07) is 12.6. The molecule has 1 aliphatic rings. The van der Waals surface area contributed by atoms with Gasteiger partial charge in [0.1, 0.15) is 24.1 Å². The van der Waals surface area contributed by atoms with Gasteiger partial charge in [0.15, 0.2) is 0 Å². The molecule has 1 aliphatic heterocycles. The second-order valence-corrected chi connectivity index (χ2v) is 10.4. The van der Waals surface area contributed by atoms with Gasteiger partial charge in [-0.3, -0.25) is 4.79 Å². The third-order valence-electron chi connectivity index (χ3n) is 6.41. The zero-order valence-corrected chi connectivity index (χ0v) is 23.1. The number of hydrogen-bond acceptors (Lipinski definition) is 6. The van der Waals surface area contributed by atoms with E-state index >= 15 is 0 Å². The third kappa shape index (κ3) is 9.05. The van der Waals surface area contributed by atoms with Crippen molar-refractivity contribution in [3.8, 4) is 11.5 Å². The van der Waals surface area contributed by atoms with Crippen LogP contribution in [0.15, 0.2) is 48.5 Å². The molecule has 1 amide bonds. The van der Waals surface area contributed by atoms with Crippen molar-refractivity contribution in [3.05, 3.63) is 59.7 Å². The number of ether oxygens (including phenoxy) is 3. The summed E-state index contributed by atoms with van der Waals surface area (Å²) in [6.07, 6.45) is 8.49. The van der Waals surface area contributed by atoms with Crippen molar-refractivity contribution in [1.29, 1.82) is 0 Å².